The Morgan fingerprint density at radius 2 is 1.88 bits per heavy atom. The number of hydrogen-bond donors (Lipinski definition) is 1. The van der Waals surface area contributed by atoms with E-state index in [9.17, 15) is 17.6 Å². The molecule has 0 unspecified atom stereocenters. The molecule has 2 aromatic carbocycles. The van der Waals surface area contributed by atoms with Crippen LogP contribution in [0.1, 0.15) is 17.5 Å². The number of anilines is 1. The van der Waals surface area contributed by atoms with E-state index in [1.165, 1.54) is 29.3 Å². The summed E-state index contributed by atoms with van der Waals surface area (Å²) in [5.74, 6) is -0.987. The number of aryl methyl sites for hydroxylation is 2. The van der Waals surface area contributed by atoms with Gasteiger partial charge in [0.1, 0.15) is 12.4 Å². The molecule has 0 aliphatic rings. The minimum absolute atomic E-state index is 0.127. The van der Waals surface area contributed by atoms with Crippen LogP contribution in [-0.2, 0) is 21.2 Å². The summed E-state index contributed by atoms with van der Waals surface area (Å²) < 4.78 is 38.2. The number of carbonyl (C=O) groups is 1. The quantitative estimate of drug-likeness (QED) is 0.718. The van der Waals surface area contributed by atoms with Gasteiger partial charge in [-0.15, -0.1) is 0 Å². The molecule has 0 aromatic heterocycles. The van der Waals surface area contributed by atoms with Crippen molar-refractivity contribution in [1.82, 2.24) is 5.32 Å². The number of nitrogens with one attached hydrogen (secondary N) is 1. The molecule has 0 radical (unpaired) electrons. The second-order valence-corrected chi connectivity index (χ2v) is 8.10. The van der Waals surface area contributed by atoms with Crippen molar-refractivity contribution in [2.24, 2.45) is 0 Å². The number of amides is 1. The summed E-state index contributed by atoms with van der Waals surface area (Å²) in [6.45, 7) is 2.08. The molecule has 0 saturated carbocycles. The summed E-state index contributed by atoms with van der Waals surface area (Å²) in [6.07, 6.45) is 2.55. The summed E-state index contributed by atoms with van der Waals surface area (Å²) in [6, 6.07) is 13.3. The zero-order valence-corrected chi connectivity index (χ0v) is 15.7. The molecule has 0 aliphatic carbocycles. The van der Waals surface area contributed by atoms with Crippen molar-refractivity contribution < 1.29 is 17.6 Å². The van der Waals surface area contributed by atoms with Gasteiger partial charge in [-0.2, -0.15) is 0 Å². The lowest BCUT2D eigenvalue weighted by molar-refractivity contribution is -0.119. The summed E-state index contributed by atoms with van der Waals surface area (Å²) >= 11 is 0. The molecular formula is C19H23FN2O3S. The predicted octanol–water partition coefficient (Wildman–Crippen LogP) is 2.65. The first-order valence-corrected chi connectivity index (χ1v) is 10.2. The first-order chi connectivity index (χ1) is 12.3. The van der Waals surface area contributed by atoms with Crippen LogP contribution in [0.15, 0.2) is 48.5 Å². The lowest BCUT2D eigenvalue weighted by Gasteiger charge is -2.21. The third-order valence-corrected chi connectivity index (χ3v) is 4.97. The van der Waals surface area contributed by atoms with E-state index in [1.807, 2.05) is 25.1 Å². The average molecular weight is 378 g/mol. The Labute approximate surface area is 153 Å². The van der Waals surface area contributed by atoms with Crippen LogP contribution in [0.5, 0.6) is 0 Å². The molecule has 0 heterocycles. The van der Waals surface area contributed by atoms with Crippen LogP contribution in [0.25, 0.3) is 0 Å². The molecular weight excluding hydrogens is 355 g/mol. The van der Waals surface area contributed by atoms with E-state index >= 15 is 0 Å². The van der Waals surface area contributed by atoms with Gasteiger partial charge in [-0.3, -0.25) is 9.10 Å². The zero-order valence-electron chi connectivity index (χ0n) is 14.9. The van der Waals surface area contributed by atoms with Crippen molar-refractivity contribution in [3.63, 3.8) is 0 Å². The van der Waals surface area contributed by atoms with Crippen molar-refractivity contribution in [1.29, 1.82) is 0 Å². The molecule has 2 aromatic rings. The van der Waals surface area contributed by atoms with Crippen LogP contribution in [0, 0.1) is 12.7 Å². The second kappa shape index (κ2) is 8.80. The predicted molar refractivity (Wildman–Crippen MR) is 101 cm³/mol. The monoisotopic (exact) mass is 378 g/mol. The highest BCUT2D eigenvalue weighted by Crippen LogP contribution is 2.18. The highest BCUT2D eigenvalue weighted by molar-refractivity contribution is 7.92. The highest BCUT2D eigenvalue weighted by Gasteiger charge is 2.21. The van der Waals surface area contributed by atoms with Gasteiger partial charge >= 0.3 is 0 Å². The van der Waals surface area contributed by atoms with E-state index < -0.39 is 21.7 Å². The van der Waals surface area contributed by atoms with Gasteiger partial charge in [-0.05, 0) is 43.5 Å². The Morgan fingerprint density at radius 1 is 1.15 bits per heavy atom. The van der Waals surface area contributed by atoms with Crippen molar-refractivity contribution in [3.8, 4) is 0 Å². The summed E-state index contributed by atoms with van der Waals surface area (Å²) in [4.78, 5) is 12.1. The molecule has 0 saturated heterocycles. The van der Waals surface area contributed by atoms with E-state index in [0.29, 0.717) is 6.54 Å². The summed E-state index contributed by atoms with van der Waals surface area (Å²) in [5.41, 5.74) is 2.50. The fraction of sp³-hybridized carbons (Fsp3) is 0.316. The maximum Gasteiger partial charge on any atom is 0.240 e. The Kier molecular flexibility index (Phi) is 6.74. The van der Waals surface area contributed by atoms with E-state index in [2.05, 4.69) is 11.4 Å². The topological polar surface area (TPSA) is 66.5 Å². The smallest absolute Gasteiger partial charge is 0.240 e. The molecule has 140 valence electrons. The molecule has 0 fully saturated rings. The standard InChI is InChI=1S/C19H23FN2O3S/c1-15-6-3-7-16(12-15)8-5-11-21-19(23)14-22(26(2,24)25)18-10-4-9-17(20)13-18/h3-4,6-7,9-10,12-13H,5,8,11,14H2,1-2H3,(H,21,23). The van der Waals surface area contributed by atoms with Crippen LogP contribution in [0.4, 0.5) is 10.1 Å². The second-order valence-electron chi connectivity index (χ2n) is 6.19. The van der Waals surface area contributed by atoms with Gasteiger partial charge in [0.15, 0.2) is 0 Å². The van der Waals surface area contributed by atoms with Crippen molar-refractivity contribution in [2.75, 3.05) is 23.7 Å². The first-order valence-electron chi connectivity index (χ1n) is 8.31. The van der Waals surface area contributed by atoms with Gasteiger partial charge in [0.2, 0.25) is 15.9 Å². The van der Waals surface area contributed by atoms with Gasteiger partial charge in [0, 0.05) is 6.54 Å². The highest BCUT2D eigenvalue weighted by atomic mass is 32.2. The molecule has 1 amide bonds. The molecule has 5 nitrogen and oxygen atoms in total. The van der Waals surface area contributed by atoms with Crippen LogP contribution < -0.4 is 9.62 Å². The average Bonchev–Trinajstić information content (AvgIpc) is 2.55. The normalized spacial score (nSPS) is 11.2. The van der Waals surface area contributed by atoms with Gasteiger partial charge < -0.3 is 5.32 Å². The molecule has 26 heavy (non-hydrogen) atoms. The van der Waals surface area contributed by atoms with E-state index in [0.717, 1.165) is 29.5 Å². The molecule has 1 N–H and O–H groups in total. The van der Waals surface area contributed by atoms with Gasteiger partial charge in [-0.1, -0.05) is 35.9 Å². The number of rotatable bonds is 8. The van der Waals surface area contributed by atoms with E-state index in [1.54, 1.807) is 0 Å². The summed E-state index contributed by atoms with van der Waals surface area (Å²) in [5, 5.41) is 2.72. The molecule has 0 bridgehead atoms. The van der Waals surface area contributed by atoms with E-state index in [-0.39, 0.29) is 12.2 Å². The van der Waals surface area contributed by atoms with Gasteiger partial charge in [0.05, 0.1) is 11.9 Å². The number of nitrogens with zero attached hydrogens (tertiary/aromatic N) is 1. The molecule has 0 atom stereocenters. The molecule has 0 aliphatic heterocycles. The van der Waals surface area contributed by atoms with Crippen LogP contribution in [0.2, 0.25) is 0 Å². The lowest BCUT2D eigenvalue weighted by Crippen LogP contribution is -2.40. The zero-order chi connectivity index (χ0) is 19.2. The Bertz CT molecular complexity index is 869. The van der Waals surface area contributed by atoms with Gasteiger partial charge in [-0.25, -0.2) is 12.8 Å². The van der Waals surface area contributed by atoms with Gasteiger partial charge in [0.25, 0.3) is 0 Å². The number of sulfonamides is 1. The Morgan fingerprint density at radius 3 is 2.54 bits per heavy atom. The van der Waals surface area contributed by atoms with Crippen molar-refractivity contribution >= 4 is 21.6 Å². The van der Waals surface area contributed by atoms with Crippen molar-refractivity contribution in [3.05, 3.63) is 65.5 Å². The SMILES string of the molecule is Cc1cccc(CCCNC(=O)CN(c2cccc(F)c2)S(C)(=O)=O)c1. The fourth-order valence-electron chi connectivity index (χ4n) is 2.61. The van der Waals surface area contributed by atoms with Crippen LogP contribution >= 0.6 is 0 Å². The largest absolute Gasteiger partial charge is 0.355 e. The third kappa shape index (κ3) is 6.15. The lowest BCUT2D eigenvalue weighted by atomic mass is 10.1. The third-order valence-electron chi connectivity index (χ3n) is 3.83. The first kappa shape index (κ1) is 19.9. The van der Waals surface area contributed by atoms with E-state index in [4.69, 9.17) is 0 Å². The number of carbonyl (C=O) groups excluding carboxylic acids is 1. The molecule has 7 heteroatoms. The maximum absolute atomic E-state index is 13.4. The minimum Gasteiger partial charge on any atom is -0.355 e. The van der Waals surface area contributed by atoms with Crippen molar-refractivity contribution in [2.45, 2.75) is 19.8 Å². The number of hydrogen-bond acceptors (Lipinski definition) is 3. The van der Waals surface area contributed by atoms with Crippen LogP contribution in [-0.4, -0.2) is 33.7 Å². The summed E-state index contributed by atoms with van der Waals surface area (Å²) in [7, 11) is -3.70. The molecule has 0 spiro atoms. The maximum atomic E-state index is 13.4. The minimum atomic E-state index is -3.70. The Hall–Kier alpha value is -2.41. The number of halogens is 1. The van der Waals surface area contributed by atoms with Crippen LogP contribution in [0.3, 0.4) is 0 Å². The number of benzene rings is 2. The molecule has 2 rings (SSSR count). The fourth-order valence-corrected chi connectivity index (χ4v) is 3.45. The Balaban J connectivity index is 1.89.